The van der Waals surface area contributed by atoms with Gasteiger partial charge in [0, 0.05) is 25.0 Å². The number of nitrogens with two attached hydrogens (primary N) is 1. The average Bonchev–Trinajstić information content (AvgIpc) is 3.13. The fourth-order valence-corrected chi connectivity index (χ4v) is 7.75. The number of hydrogen-bond acceptors (Lipinski definition) is 4. The molecule has 4 aromatic rings. The summed E-state index contributed by atoms with van der Waals surface area (Å²) in [6, 6.07) is 33.4. The molecular weight excluding hydrogens is 573 g/mol. The van der Waals surface area contributed by atoms with E-state index < -0.39 is 0 Å². The van der Waals surface area contributed by atoms with Crippen LogP contribution in [0.1, 0.15) is 71.1 Å². The van der Waals surface area contributed by atoms with Gasteiger partial charge in [-0.05, 0) is 106 Å². The second-order valence-corrected chi connectivity index (χ2v) is 13.2. The van der Waals surface area contributed by atoms with Gasteiger partial charge in [0.2, 0.25) is 0 Å². The number of anilines is 3. The molecule has 3 heterocycles. The van der Waals surface area contributed by atoms with Crippen LogP contribution in [0.4, 0.5) is 17.1 Å². The van der Waals surface area contributed by atoms with Gasteiger partial charge in [-0.3, -0.25) is 0 Å². The summed E-state index contributed by atoms with van der Waals surface area (Å²) < 4.78 is 0. The molecule has 0 aromatic heterocycles. The van der Waals surface area contributed by atoms with Crippen LogP contribution in [-0.4, -0.2) is 13.6 Å². The molecule has 4 nitrogen and oxygen atoms in total. The van der Waals surface area contributed by atoms with Crippen LogP contribution < -0.4 is 21.3 Å². The molecule has 0 saturated heterocycles. The van der Waals surface area contributed by atoms with Crippen molar-refractivity contribution in [1.29, 1.82) is 0 Å². The molecule has 4 aromatic carbocycles. The van der Waals surface area contributed by atoms with Crippen LogP contribution in [0.2, 0.25) is 0 Å². The summed E-state index contributed by atoms with van der Waals surface area (Å²) >= 11 is 0. The third kappa shape index (κ3) is 5.69. The van der Waals surface area contributed by atoms with Crippen molar-refractivity contribution >= 4 is 34.8 Å². The third-order valence-electron chi connectivity index (χ3n) is 10.1. The highest BCUT2D eigenvalue weighted by Crippen LogP contribution is 2.44. The minimum atomic E-state index is 0.0740. The van der Waals surface area contributed by atoms with Crippen molar-refractivity contribution in [2.75, 3.05) is 29.5 Å². The van der Waals surface area contributed by atoms with Crippen molar-refractivity contribution in [3.05, 3.63) is 166 Å². The van der Waals surface area contributed by atoms with E-state index in [2.05, 4.69) is 150 Å². The van der Waals surface area contributed by atoms with Crippen molar-refractivity contribution in [3.63, 3.8) is 0 Å². The Labute approximate surface area is 278 Å². The van der Waals surface area contributed by atoms with E-state index >= 15 is 0 Å². The van der Waals surface area contributed by atoms with Gasteiger partial charge in [0.1, 0.15) is 0 Å². The number of nitrogens with zero attached hydrogens (tertiary/aromatic N) is 1. The lowest BCUT2D eigenvalue weighted by Gasteiger charge is -2.39. The maximum Gasteiger partial charge on any atom is 0.0759 e. The molecule has 0 spiro atoms. The summed E-state index contributed by atoms with van der Waals surface area (Å²) in [5, 5.41) is 7.36. The summed E-state index contributed by atoms with van der Waals surface area (Å²) in [6.07, 6.45) is 19.5. The summed E-state index contributed by atoms with van der Waals surface area (Å²) in [6.45, 7) is 0.798. The van der Waals surface area contributed by atoms with Gasteiger partial charge in [-0.2, -0.15) is 0 Å². The highest BCUT2D eigenvalue weighted by atomic mass is 15.1. The fourth-order valence-electron chi connectivity index (χ4n) is 7.75. The molecule has 0 amide bonds. The third-order valence-corrected chi connectivity index (χ3v) is 10.1. The normalized spacial score (nSPS) is 21.1. The predicted molar refractivity (Wildman–Crippen MR) is 199 cm³/mol. The number of fused-ring (bicyclic) bond motifs is 2. The first-order valence-corrected chi connectivity index (χ1v) is 17.0. The molecule has 47 heavy (non-hydrogen) atoms. The number of allylic oxidation sites excluding steroid dienone is 4. The van der Waals surface area contributed by atoms with Crippen molar-refractivity contribution < 1.29 is 0 Å². The number of para-hydroxylation sites is 1. The molecule has 4 N–H and O–H groups in total. The summed E-state index contributed by atoms with van der Waals surface area (Å²) in [5.74, 6) is 0. The van der Waals surface area contributed by atoms with Crippen LogP contribution >= 0.6 is 0 Å². The minimum absolute atomic E-state index is 0.0740. The maximum absolute atomic E-state index is 6.81. The molecule has 3 aliphatic heterocycles. The van der Waals surface area contributed by atoms with Crippen LogP contribution in [-0.2, 0) is 6.42 Å². The Bertz CT molecular complexity index is 1980. The van der Waals surface area contributed by atoms with Crippen molar-refractivity contribution in [2.45, 2.75) is 44.2 Å². The maximum atomic E-state index is 6.81. The van der Waals surface area contributed by atoms with Crippen LogP contribution in [0.25, 0.3) is 17.7 Å². The lowest BCUT2D eigenvalue weighted by Crippen LogP contribution is -2.31. The molecule has 4 aliphatic rings. The van der Waals surface area contributed by atoms with Gasteiger partial charge in [-0.15, -0.1) is 0 Å². The predicted octanol–water partition coefficient (Wildman–Crippen LogP) is 9.64. The molecule has 1 aliphatic carbocycles. The second kappa shape index (κ2) is 12.5. The molecule has 2 unspecified atom stereocenters. The number of rotatable bonds is 5. The van der Waals surface area contributed by atoms with Gasteiger partial charge in [-0.1, -0.05) is 103 Å². The van der Waals surface area contributed by atoms with E-state index in [-0.39, 0.29) is 12.1 Å². The first-order valence-electron chi connectivity index (χ1n) is 17.0. The smallest absolute Gasteiger partial charge is 0.0759 e. The molecule has 2 atom stereocenters. The second-order valence-electron chi connectivity index (χ2n) is 13.2. The number of likely N-dealkylation sites (N-methyl/N-ethyl adjacent to an activating group) is 1. The molecule has 4 heteroatoms. The Morgan fingerprint density at radius 2 is 1.74 bits per heavy atom. The summed E-state index contributed by atoms with van der Waals surface area (Å²) in [7, 11) is 2.23. The van der Waals surface area contributed by atoms with Crippen LogP contribution in [0.3, 0.4) is 0 Å². The quantitative estimate of drug-likeness (QED) is 0.196. The van der Waals surface area contributed by atoms with Crippen molar-refractivity contribution in [3.8, 4) is 0 Å². The van der Waals surface area contributed by atoms with Crippen molar-refractivity contribution in [1.82, 2.24) is 5.32 Å². The van der Waals surface area contributed by atoms with Gasteiger partial charge in [0.05, 0.1) is 23.5 Å². The van der Waals surface area contributed by atoms with Crippen LogP contribution in [0.5, 0.6) is 0 Å². The Morgan fingerprint density at radius 1 is 0.894 bits per heavy atom. The topological polar surface area (TPSA) is 53.3 Å². The molecule has 0 fully saturated rings. The highest BCUT2D eigenvalue weighted by molar-refractivity contribution is 5.87. The molecule has 0 saturated carbocycles. The molecule has 8 rings (SSSR count). The van der Waals surface area contributed by atoms with Gasteiger partial charge in [0.25, 0.3) is 0 Å². The summed E-state index contributed by atoms with van der Waals surface area (Å²) in [5.41, 5.74) is 22.6. The fraction of sp³-hybridized carbons (Fsp3) is 0.209. The Hall–Kier alpha value is -5.22. The molecule has 0 bridgehead atoms. The van der Waals surface area contributed by atoms with Gasteiger partial charge < -0.3 is 21.3 Å². The van der Waals surface area contributed by atoms with E-state index in [0.717, 1.165) is 48.3 Å². The Balaban J connectivity index is 1.22. The number of nitrogen functional groups attached to an aromatic ring is 1. The number of hydrogen-bond donors (Lipinski definition) is 3. The zero-order valence-electron chi connectivity index (χ0n) is 27.0. The van der Waals surface area contributed by atoms with E-state index in [1.54, 1.807) is 0 Å². The van der Waals surface area contributed by atoms with Gasteiger partial charge in [-0.25, -0.2) is 0 Å². The first-order chi connectivity index (χ1) is 23.1. The van der Waals surface area contributed by atoms with E-state index in [0.29, 0.717) is 0 Å². The van der Waals surface area contributed by atoms with E-state index in [4.69, 9.17) is 5.73 Å². The Morgan fingerprint density at radius 3 is 2.62 bits per heavy atom. The standard InChI is InChI=1S/C43H42N4/c1-47-40-20-9-8-16-33(40)25-37(26-34-22-21-31-19-11-23-45-42(31)41(34)44)43(47)35-18-10-17-32(24-35)36-27-38(29-12-4-2-5-13-29)46-39(28-36)30-14-6-3-7-15-30/h2,4-5,8-14,16-22,24,26-28,38,43,45-46H,3,6-7,15,23,25,44H2,1H3/b37-26+. The largest absolute Gasteiger partial charge is 0.397 e. The lowest BCUT2D eigenvalue weighted by atomic mass is 9.84. The highest BCUT2D eigenvalue weighted by Gasteiger charge is 2.30. The lowest BCUT2D eigenvalue weighted by molar-refractivity contribution is 0.660. The van der Waals surface area contributed by atoms with Crippen LogP contribution in [0.15, 0.2) is 132 Å². The summed E-state index contributed by atoms with van der Waals surface area (Å²) in [4.78, 5) is 2.44. The van der Waals surface area contributed by atoms with Gasteiger partial charge >= 0.3 is 0 Å². The monoisotopic (exact) mass is 614 g/mol. The number of benzene rings is 4. The van der Waals surface area contributed by atoms with Gasteiger partial charge in [0.15, 0.2) is 0 Å². The van der Waals surface area contributed by atoms with Crippen molar-refractivity contribution in [2.24, 2.45) is 0 Å². The molecular formula is C43H42N4. The molecule has 234 valence electrons. The van der Waals surface area contributed by atoms with E-state index in [1.165, 1.54) is 63.2 Å². The van der Waals surface area contributed by atoms with Crippen LogP contribution in [0, 0.1) is 0 Å². The number of dihydropyridines is 1. The Kier molecular flexibility index (Phi) is 7.78. The van der Waals surface area contributed by atoms with E-state index in [1.807, 2.05) is 0 Å². The zero-order chi connectivity index (χ0) is 31.7. The zero-order valence-corrected chi connectivity index (χ0v) is 27.0. The van der Waals surface area contributed by atoms with E-state index in [9.17, 15) is 0 Å². The average molecular weight is 615 g/mol. The minimum Gasteiger partial charge on any atom is -0.397 e. The SMILES string of the molecule is CN1c2ccccc2C/C(=C\c2ccc3c(c2N)NCC=C3)C1c1cccc(C2=CC(c3ccccc3)NC(C3=CCCCC3)=C2)c1. The molecule has 0 radical (unpaired) electrons. The first kappa shape index (κ1) is 29.2. The number of nitrogens with one attached hydrogen (secondary N) is 2.